The Hall–Kier alpha value is -2.11. The molecule has 1 saturated heterocycles. The summed E-state index contributed by atoms with van der Waals surface area (Å²) in [5.41, 5.74) is 0.490. The SMILES string of the molecule is O=C(O)C1CC(=O)N(c2ccccc2OCCF)C1. The standard InChI is InChI=1S/C13H14FNO4/c14-5-6-19-11-4-2-1-3-10(11)15-8-9(13(17)18)7-12(15)16/h1-4,9H,5-8H2,(H,17,18). The predicted molar refractivity (Wildman–Crippen MR) is 66.0 cm³/mol. The van der Waals surface area contributed by atoms with Crippen LogP contribution in [0.1, 0.15) is 6.42 Å². The smallest absolute Gasteiger partial charge is 0.308 e. The van der Waals surface area contributed by atoms with Crippen molar-refractivity contribution in [3.63, 3.8) is 0 Å². The minimum Gasteiger partial charge on any atom is -0.489 e. The number of halogens is 1. The lowest BCUT2D eigenvalue weighted by Gasteiger charge is -2.19. The first-order valence-corrected chi connectivity index (χ1v) is 5.94. The molecule has 1 aliphatic heterocycles. The van der Waals surface area contributed by atoms with Crippen LogP contribution in [0, 0.1) is 5.92 Å². The number of alkyl halides is 1. The van der Waals surface area contributed by atoms with E-state index in [0.717, 1.165) is 0 Å². The van der Waals surface area contributed by atoms with Gasteiger partial charge in [0, 0.05) is 13.0 Å². The first-order valence-electron chi connectivity index (χ1n) is 5.94. The van der Waals surface area contributed by atoms with Crippen LogP contribution in [0.2, 0.25) is 0 Å². The summed E-state index contributed by atoms with van der Waals surface area (Å²) in [6, 6.07) is 6.73. The monoisotopic (exact) mass is 267 g/mol. The fraction of sp³-hybridized carbons (Fsp3) is 0.385. The van der Waals surface area contributed by atoms with E-state index < -0.39 is 18.6 Å². The van der Waals surface area contributed by atoms with Crippen molar-refractivity contribution < 1.29 is 23.8 Å². The minimum absolute atomic E-state index is 0.0211. The number of carbonyl (C=O) groups is 2. The van der Waals surface area contributed by atoms with Crippen LogP contribution in [0.25, 0.3) is 0 Å². The van der Waals surface area contributed by atoms with E-state index in [-0.39, 0.29) is 25.5 Å². The molecule has 102 valence electrons. The zero-order valence-corrected chi connectivity index (χ0v) is 10.2. The van der Waals surface area contributed by atoms with Crippen LogP contribution >= 0.6 is 0 Å². The largest absolute Gasteiger partial charge is 0.489 e. The molecule has 0 bridgehead atoms. The van der Waals surface area contributed by atoms with Crippen molar-refractivity contribution >= 4 is 17.6 Å². The molecule has 1 fully saturated rings. The Bertz CT molecular complexity index is 491. The Balaban J connectivity index is 2.22. The summed E-state index contributed by atoms with van der Waals surface area (Å²) in [6.07, 6.45) is -0.0211. The fourth-order valence-electron chi connectivity index (χ4n) is 2.06. The van der Waals surface area contributed by atoms with Crippen molar-refractivity contribution in [2.75, 3.05) is 24.7 Å². The molecule has 0 radical (unpaired) electrons. The molecular formula is C13H14FNO4. The number of carbonyl (C=O) groups excluding carboxylic acids is 1. The van der Waals surface area contributed by atoms with Crippen molar-refractivity contribution in [1.82, 2.24) is 0 Å². The highest BCUT2D eigenvalue weighted by Gasteiger charge is 2.36. The summed E-state index contributed by atoms with van der Waals surface area (Å²) >= 11 is 0. The summed E-state index contributed by atoms with van der Waals surface area (Å²) in [5.74, 6) is -1.57. The number of para-hydroxylation sites is 2. The third kappa shape index (κ3) is 2.83. The molecule has 0 aromatic heterocycles. The second-order valence-corrected chi connectivity index (χ2v) is 4.25. The van der Waals surface area contributed by atoms with Gasteiger partial charge in [0.05, 0.1) is 11.6 Å². The van der Waals surface area contributed by atoms with Crippen LogP contribution in [0.3, 0.4) is 0 Å². The number of ether oxygens (including phenoxy) is 1. The molecule has 1 aromatic carbocycles. The molecule has 2 rings (SSSR count). The lowest BCUT2D eigenvalue weighted by molar-refractivity contribution is -0.141. The Morgan fingerprint density at radius 1 is 1.47 bits per heavy atom. The van der Waals surface area contributed by atoms with Crippen LogP contribution < -0.4 is 9.64 Å². The van der Waals surface area contributed by atoms with Crippen molar-refractivity contribution in [3.05, 3.63) is 24.3 Å². The number of rotatable bonds is 5. The number of hydrogen-bond donors (Lipinski definition) is 1. The molecule has 6 heteroatoms. The summed E-state index contributed by atoms with van der Waals surface area (Å²) in [7, 11) is 0. The summed E-state index contributed by atoms with van der Waals surface area (Å²) in [4.78, 5) is 24.2. The lowest BCUT2D eigenvalue weighted by atomic mass is 10.1. The van der Waals surface area contributed by atoms with Gasteiger partial charge < -0.3 is 14.7 Å². The highest BCUT2D eigenvalue weighted by molar-refractivity contribution is 6.00. The quantitative estimate of drug-likeness (QED) is 0.877. The van der Waals surface area contributed by atoms with Gasteiger partial charge in [0.15, 0.2) is 0 Å². The number of aliphatic carboxylic acids is 1. The summed E-state index contributed by atoms with van der Waals surface area (Å²) < 4.78 is 17.4. The minimum atomic E-state index is -0.988. The van der Waals surface area contributed by atoms with E-state index in [0.29, 0.717) is 11.4 Å². The molecule has 0 saturated carbocycles. The highest BCUT2D eigenvalue weighted by Crippen LogP contribution is 2.33. The normalized spacial score (nSPS) is 18.7. The first-order chi connectivity index (χ1) is 9.13. The second-order valence-electron chi connectivity index (χ2n) is 4.25. The van der Waals surface area contributed by atoms with Crippen LogP contribution in [0.4, 0.5) is 10.1 Å². The molecule has 1 N–H and O–H groups in total. The van der Waals surface area contributed by atoms with Gasteiger partial charge in [0.2, 0.25) is 5.91 Å². The van der Waals surface area contributed by atoms with Gasteiger partial charge in [-0.2, -0.15) is 0 Å². The van der Waals surface area contributed by atoms with Gasteiger partial charge in [-0.25, -0.2) is 4.39 Å². The van der Waals surface area contributed by atoms with E-state index in [1.54, 1.807) is 24.3 Å². The van der Waals surface area contributed by atoms with E-state index in [4.69, 9.17) is 9.84 Å². The maximum atomic E-state index is 12.1. The predicted octanol–water partition coefficient (Wildman–Crippen LogP) is 1.47. The van der Waals surface area contributed by atoms with Crippen LogP contribution in [0.5, 0.6) is 5.75 Å². The average Bonchev–Trinajstić information content (AvgIpc) is 2.79. The van der Waals surface area contributed by atoms with Crippen molar-refractivity contribution in [2.24, 2.45) is 5.92 Å². The molecule has 1 amide bonds. The van der Waals surface area contributed by atoms with Crippen LogP contribution in [-0.4, -0.2) is 36.8 Å². The molecule has 1 unspecified atom stereocenters. The molecular weight excluding hydrogens is 253 g/mol. The molecule has 0 aliphatic carbocycles. The second kappa shape index (κ2) is 5.69. The zero-order valence-electron chi connectivity index (χ0n) is 10.2. The number of benzene rings is 1. The van der Waals surface area contributed by atoms with Gasteiger partial charge in [-0.3, -0.25) is 9.59 Å². The highest BCUT2D eigenvalue weighted by atomic mass is 19.1. The van der Waals surface area contributed by atoms with Gasteiger partial charge in [0.25, 0.3) is 0 Å². The molecule has 1 aliphatic rings. The number of anilines is 1. The molecule has 1 atom stereocenters. The van der Waals surface area contributed by atoms with E-state index >= 15 is 0 Å². The zero-order chi connectivity index (χ0) is 13.8. The maximum absolute atomic E-state index is 12.1. The summed E-state index contributed by atoms with van der Waals surface area (Å²) in [6.45, 7) is -0.606. The number of hydrogen-bond acceptors (Lipinski definition) is 3. The van der Waals surface area contributed by atoms with E-state index in [1.165, 1.54) is 4.90 Å². The number of carboxylic acids is 1. The van der Waals surface area contributed by atoms with E-state index in [9.17, 15) is 14.0 Å². The molecule has 19 heavy (non-hydrogen) atoms. The van der Waals surface area contributed by atoms with Crippen molar-refractivity contribution in [1.29, 1.82) is 0 Å². The number of carboxylic acid groups (broad SMARTS) is 1. The maximum Gasteiger partial charge on any atom is 0.308 e. The number of nitrogens with zero attached hydrogens (tertiary/aromatic N) is 1. The van der Waals surface area contributed by atoms with E-state index in [1.807, 2.05) is 0 Å². The molecule has 0 spiro atoms. The van der Waals surface area contributed by atoms with Gasteiger partial charge in [-0.05, 0) is 12.1 Å². The Labute approximate surface area is 109 Å². The third-order valence-electron chi connectivity index (χ3n) is 2.97. The number of amides is 1. The fourth-order valence-corrected chi connectivity index (χ4v) is 2.06. The van der Waals surface area contributed by atoms with Gasteiger partial charge in [-0.15, -0.1) is 0 Å². The third-order valence-corrected chi connectivity index (χ3v) is 2.97. The Morgan fingerprint density at radius 2 is 2.21 bits per heavy atom. The van der Waals surface area contributed by atoms with Gasteiger partial charge in [0.1, 0.15) is 19.0 Å². The summed E-state index contributed by atoms with van der Waals surface area (Å²) in [5, 5.41) is 8.95. The van der Waals surface area contributed by atoms with E-state index in [2.05, 4.69) is 0 Å². The Kier molecular flexibility index (Phi) is 3.99. The van der Waals surface area contributed by atoms with Crippen molar-refractivity contribution in [2.45, 2.75) is 6.42 Å². The average molecular weight is 267 g/mol. The van der Waals surface area contributed by atoms with Gasteiger partial charge >= 0.3 is 5.97 Å². The molecule has 5 nitrogen and oxygen atoms in total. The molecule has 1 aromatic rings. The molecule has 1 heterocycles. The first kappa shape index (κ1) is 13.3. The topological polar surface area (TPSA) is 66.8 Å². The lowest BCUT2D eigenvalue weighted by Crippen LogP contribution is -2.26. The van der Waals surface area contributed by atoms with Crippen LogP contribution in [0.15, 0.2) is 24.3 Å². The van der Waals surface area contributed by atoms with Crippen LogP contribution in [-0.2, 0) is 9.59 Å². The van der Waals surface area contributed by atoms with Gasteiger partial charge in [-0.1, -0.05) is 12.1 Å². The Morgan fingerprint density at radius 3 is 2.84 bits per heavy atom. The van der Waals surface area contributed by atoms with Crippen molar-refractivity contribution in [3.8, 4) is 5.75 Å².